The van der Waals surface area contributed by atoms with Gasteiger partial charge in [0.1, 0.15) is 13.2 Å². The minimum atomic E-state index is 0.289. The monoisotopic (exact) mass is 204 g/mol. The number of ether oxygens (including phenoxy) is 2. The summed E-state index contributed by atoms with van der Waals surface area (Å²) in [7, 11) is 0. The molecule has 0 heterocycles. The van der Waals surface area contributed by atoms with Crippen LogP contribution in [0.5, 0.6) is 0 Å². The Morgan fingerprint density at radius 1 is 1.33 bits per heavy atom. The van der Waals surface area contributed by atoms with Gasteiger partial charge in [-0.25, -0.2) is 0 Å². The molecule has 15 heavy (non-hydrogen) atoms. The van der Waals surface area contributed by atoms with E-state index in [1.807, 2.05) is 6.08 Å². The lowest BCUT2D eigenvalue weighted by Gasteiger charge is -2.17. The molecule has 0 aliphatic heterocycles. The lowest BCUT2D eigenvalue weighted by molar-refractivity contribution is 0.290. The van der Waals surface area contributed by atoms with Crippen LogP contribution in [0.25, 0.3) is 0 Å². The van der Waals surface area contributed by atoms with E-state index in [1.54, 1.807) is 12.5 Å². The Kier molecular flexibility index (Phi) is 4.25. The van der Waals surface area contributed by atoms with E-state index in [-0.39, 0.29) is 6.61 Å². The van der Waals surface area contributed by atoms with E-state index >= 15 is 0 Å². The van der Waals surface area contributed by atoms with Gasteiger partial charge in [0.15, 0.2) is 0 Å². The van der Waals surface area contributed by atoms with E-state index in [0.29, 0.717) is 12.5 Å². The maximum Gasteiger partial charge on any atom is 0.286 e. The Labute approximate surface area is 89.0 Å². The lowest BCUT2D eigenvalue weighted by Crippen LogP contribution is -2.08. The highest BCUT2D eigenvalue weighted by Crippen LogP contribution is 2.22. The lowest BCUT2D eigenvalue weighted by atomic mass is 9.92. The summed E-state index contributed by atoms with van der Waals surface area (Å²) in [6.07, 6.45) is 8.15. The summed E-state index contributed by atoms with van der Waals surface area (Å²) in [6, 6.07) is 0. The molecule has 1 aliphatic rings. The fourth-order valence-corrected chi connectivity index (χ4v) is 1.64. The summed E-state index contributed by atoms with van der Waals surface area (Å²) >= 11 is 0. The van der Waals surface area contributed by atoms with Crippen LogP contribution in [0.4, 0.5) is 0 Å². The highest BCUT2D eigenvalue weighted by atomic mass is 16.5. The quantitative estimate of drug-likeness (QED) is 0.656. The first-order valence-electron chi connectivity index (χ1n) is 4.68. The fourth-order valence-electron chi connectivity index (χ4n) is 1.64. The molecule has 0 spiro atoms. The molecule has 0 fully saturated rings. The van der Waals surface area contributed by atoms with Crippen molar-refractivity contribution in [1.29, 1.82) is 10.5 Å². The number of hydrogen-bond donors (Lipinski definition) is 0. The predicted octanol–water partition coefficient (Wildman–Crippen LogP) is 1.87. The van der Waals surface area contributed by atoms with E-state index in [9.17, 15) is 0 Å². The molecule has 0 radical (unpaired) electrons. The van der Waals surface area contributed by atoms with Crippen LogP contribution in [0.1, 0.15) is 13.3 Å². The second-order valence-electron chi connectivity index (χ2n) is 3.49. The fraction of sp³-hybridized carbons (Fsp3) is 0.455. The summed E-state index contributed by atoms with van der Waals surface area (Å²) in [5.41, 5.74) is 2.02. The van der Waals surface area contributed by atoms with Crippen LogP contribution < -0.4 is 0 Å². The van der Waals surface area contributed by atoms with Gasteiger partial charge in [0, 0.05) is 0 Å². The van der Waals surface area contributed by atoms with Crippen molar-refractivity contribution in [2.45, 2.75) is 13.3 Å². The van der Waals surface area contributed by atoms with Gasteiger partial charge < -0.3 is 9.47 Å². The van der Waals surface area contributed by atoms with Crippen LogP contribution in [0.15, 0.2) is 23.3 Å². The Hall–Kier alpha value is -1.94. The highest BCUT2D eigenvalue weighted by Gasteiger charge is 2.12. The second-order valence-corrected chi connectivity index (χ2v) is 3.49. The molecule has 1 rings (SSSR count). The third kappa shape index (κ3) is 3.74. The highest BCUT2D eigenvalue weighted by molar-refractivity contribution is 5.30. The SMILES string of the molecule is CC1C=C(COC#N)C=C(COC#N)C1. The average Bonchev–Trinajstić information content (AvgIpc) is 2.23. The van der Waals surface area contributed by atoms with Crippen LogP contribution in [0.3, 0.4) is 0 Å². The maximum absolute atomic E-state index is 8.29. The summed E-state index contributed by atoms with van der Waals surface area (Å²) in [5, 5.41) is 16.6. The van der Waals surface area contributed by atoms with Crippen molar-refractivity contribution in [2.75, 3.05) is 13.2 Å². The molecule has 78 valence electrons. The van der Waals surface area contributed by atoms with Crippen molar-refractivity contribution in [3.05, 3.63) is 23.3 Å². The molecule has 1 aliphatic carbocycles. The van der Waals surface area contributed by atoms with Crippen molar-refractivity contribution in [2.24, 2.45) is 5.92 Å². The third-order valence-electron chi connectivity index (χ3n) is 2.10. The summed E-state index contributed by atoms with van der Waals surface area (Å²) in [5.74, 6) is 0.393. The average molecular weight is 204 g/mol. The van der Waals surface area contributed by atoms with E-state index in [0.717, 1.165) is 17.6 Å². The van der Waals surface area contributed by atoms with Gasteiger partial charge in [0.05, 0.1) is 0 Å². The standard InChI is InChI=1S/C11H12N2O2/c1-9-2-10(5-14-7-12)4-11(3-9)6-15-8-13/h2,4,9H,3,5-6H2,1H3. The second kappa shape index (κ2) is 5.72. The zero-order valence-corrected chi connectivity index (χ0v) is 8.56. The summed E-state index contributed by atoms with van der Waals surface area (Å²) in [4.78, 5) is 0. The molecule has 1 unspecified atom stereocenters. The van der Waals surface area contributed by atoms with Crippen molar-refractivity contribution >= 4 is 0 Å². The predicted molar refractivity (Wildman–Crippen MR) is 53.1 cm³/mol. The molecule has 0 saturated heterocycles. The largest absolute Gasteiger partial charge is 0.423 e. The molecular weight excluding hydrogens is 192 g/mol. The number of rotatable bonds is 4. The van der Waals surface area contributed by atoms with Crippen LogP contribution in [-0.4, -0.2) is 13.2 Å². The Balaban J connectivity index is 2.59. The molecule has 4 nitrogen and oxygen atoms in total. The van der Waals surface area contributed by atoms with E-state index in [2.05, 4.69) is 22.5 Å². The topological polar surface area (TPSA) is 66.0 Å². The zero-order valence-electron chi connectivity index (χ0n) is 8.56. The van der Waals surface area contributed by atoms with Gasteiger partial charge in [0.25, 0.3) is 12.5 Å². The van der Waals surface area contributed by atoms with Crippen molar-refractivity contribution < 1.29 is 9.47 Å². The van der Waals surface area contributed by atoms with Crippen molar-refractivity contribution in [1.82, 2.24) is 0 Å². The van der Waals surface area contributed by atoms with E-state index < -0.39 is 0 Å². The number of nitriles is 2. The summed E-state index contributed by atoms with van der Waals surface area (Å²) in [6.45, 7) is 2.69. The minimum Gasteiger partial charge on any atom is -0.423 e. The maximum atomic E-state index is 8.29. The Morgan fingerprint density at radius 2 is 2.00 bits per heavy atom. The van der Waals surface area contributed by atoms with Gasteiger partial charge >= 0.3 is 0 Å². The molecule has 0 aromatic heterocycles. The zero-order chi connectivity index (χ0) is 11.1. The summed E-state index contributed by atoms with van der Waals surface area (Å²) < 4.78 is 9.34. The van der Waals surface area contributed by atoms with Gasteiger partial charge in [-0.05, 0) is 23.5 Å². The van der Waals surface area contributed by atoms with Gasteiger partial charge in [-0.2, -0.15) is 10.5 Å². The number of allylic oxidation sites excluding steroid dienone is 1. The third-order valence-corrected chi connectivity index (χ3v) is 2.10. The molecule has 0 aromatic rings. The Bertz CT molecular complexity index is 358. The van der Waals surface area contributed by atoms with Crippen molar-refractivity contribution in [3.8, 4) is 12.5 Å². The van der Waals surface area contributed by atoms with E-state index in [1.165, 1.54) is 0 Å². The molecule has 1 atom stereocenters. The molecule has 4 heteroatoms. The van der Waals surface area contributed by atoms with Gasteiger partial charge in [-0.15, -0.1) is 0 Å². The Morgan fingerprint density at radius 3 is 2.67 bits per heavy atom. The van der Waals surface area contributed by atoms with Crippen LogP contribution in [0, 0.1) is 29.0 Å². The molecular formula is C11H12N2O2. The number of nitrogens with zero attached hydrogens (tertiary/aromatic N) is 2. The van der Waals surface area contributed by atoms with Crippen molar-refractivity contribution in [3.63, 3.8) is 0 Å². The first kappa shape index (κ1) is 11.1. The first-order chi connectivity index (χ1) is 7.26. The molecule has 0 amide bonds. The van der Waals surface area contributed by atoms with Crippen LogP contribution in [0.2, 0.25) is 0 Å². The molecule has 0 bridgehead atoms. The van der Waals surface area contributed by atoms with Crippen LogP contribution in [-0.2, 0) is 9.47 Å². The molecule has 0 saturated carbocycles. The van der Waals surface area contributed by atoms with Gasteiger partial charge in [0.2, 0.25) is 0 Å². The van der Waals surface area contributed by atoms with Gasteiger partial charge in [-0.3, -0.25) is 0 Å². The van der Waals surface area contributed by atoms with Gasteiger partial charge in [-0.1, -0.05) is 19.1 Å². The van der Waals surface area contributed by atoms with Crippen LogP contribution >= 0.6 is 0 Å². The normalized spacial score (nSPS) is 19.3. The first-order valence-corrected chi connectivity index (χ1v) is 4.68. The van der Waals surface area contributed by atoms with E-state index in [4.69, 9.17) is 10.5 Å². The number of hydrogen-bond acceptors (Lipinski definition) is 4. The smallest absolute Gasteiger partial charge is 0.286 e. The molecule has 0 N–H and O–H groups in total. The minimum absolute atomic E-state index is 0.289. The molecule has 0 aromatic carbocycles.